The lowest BCUT2D eigenvalue weighted by molar-refractivity contribution is -0.138. The molecule has 4 nitrogen and oxygen atoms in total. The van der Waals surface area contributed by atoms with E-state index in [9.17, 15) is 26.7 Å². The second-order valence-corrected chi connectivity index (χ2v) is 6.89. The van der Waals surface area contributed by atoms with Crippen molar-refractivity contribution in [3.8, 4) is 17.2 Å². The average Bonchev–Trinajstić information content (AvgIpc) is 2.89. The van der Waals surface area contributed by atoms with Gasteiger partial charge in [0.05, 0.1) is 12.0 Å². The van der Waals surface area contributed by atoms with Crippen molar-refractivity contribution in [2.45, 2.75) is 38.5 Å². The standard InChI is InChI=1S/C20H17F5O4/c1-10-6-11-7-13(3-4-14(11)15(10)9-18(26)27)28-16-5-2-12(20(23,24)25)8-17(16)29-19(21)22/h2-5,7-8,10,15,19H,6,9H2,1H3,(H,26,27). The van der Waals surface area contributed by atoms with Gasteiger partial charge in [-0.15, -0.1) is 0 Å². The first-order valence-electron chi connectivity index (χ1n) is 8.73. The minimum atomic E-state index is -4.72. The van der Waals surface area contributed by atoms with Crippen molar-refractivity contribution in [2.75, 3.05) is 0 Å². The molecule has 1 N–H and O–H groups in total. The summed E-state index contributed by atoms with van der Waals surface area (Å²) in [4.78, 5) is 11.1. The van der Waals surface area contributed by atoms with Crippen molar-refractivity contribution in [2.24, 2.45) is 5.92 Å². The Balaban J connectivity index is 1.89. The van der Waals surface area contributed by atoms with Gasteiger partial charge < -0.3 is 14.6 Å². The van der Waals surface area contributed by atoms with Crippen LogP contribution in [0.25, 0.3) is 0 Å². The third-order valence-electron chi connectivity index (χ3n) is 4.85. The molecule has 0 heterocycles. The largest absolute Gasteiger partial charge is 0.481 e. The van der Waals surface area contributed by atoms with Crippen LogP contribution in [0.2, 0.25) is 0 Å². The van der Waals surface area contributed by atoms with Gasteiger partial charge in [0.15, 0.2) is 11.5 Å². The Kier molecular flexibility index (Phi) is 5.68. The second-order valence-electron chi connectivity index (χ2n) is 6.89. The zero-order valence-electron chi connectivity index (χ0n) is 15.2. The Morgan fingerprint density at radius 3 is 2.52 bits per heavy atom. The maximum absolute atomic E-state index is 12.9. The van der Waals surface area contributed by atoms with E-state index >= 15 is 0 Å². The van der Waals surface area contributed by atoms with Crippen LogP contribution in [0.5, 0.6) is 17.2 Å². The topological polar surface area (TPSA) is 55.8 Å². The molecule has 2 aromatic carbocycles. The SMILES string of the molecule is CC1Cc2cc(Oc3ccc(C(F)(F)F)cc3OC(F)F)ccc2C1CC(=O)O. The van der Waals surface area contributed by atoms with E-state index in [-0.39, 0.29) is 29.8 Å². The number of hydrogen-bond acceptors (Lipinski definition) is 3. The fraction of sp³-hybridized carbons (Fsp3) is 0.350. The number of carbonyl (C=O) groups is 1. The molecule has 0 bridgehead atoms. The van der Waals surface area contributed by atoms with Crippen molar-refractivity contribution < 1.29 is 41.3 Å². The second kappa shape index (κ2) is 7.88. The van der Waals surface area contributed by atoms with Crippen LogP contribution in [0.1, 0.15) is 36.0 Å². The Bertz CT molecular complexity index is 910. The first kappa shape index (κ1) is 20.9. The van der Waals surface area contributed by atoms with Gasteiger partial charge in [0.25, 0.3) is 0 Å². The van der Waals surface area contributed by atoms with Crippen LogP contribution in [0.15, 0.2) is 36.4 Å². The van der Waals surface area contributed by atoms with E-state index in [4.69, 9.17) is 9.84 Å². The number of carboxylic acids is 1. The molecule has 0 aromatic heterocycles. The Hall–Kier alpha value is -2.84. The molecular weight excluding hydrogens is 399 g/mol. The first-order chi connectivity index (χ1) is 13.5. The highest BCUT2D eigenvalue weighted by Gasteiger charge is 2.33. The lowest BCUT2D eigenvalue weighted by Gasteiger charge is -2.16. The van der Waals surface area contributed by atoms with Gasteiger partial charge in [0, 0.05) is 0 Å². The number of hydrogen-bond donors (Lipinski definition) is 1. The summed E-state index contributed by atoms with van der Waals surface area (Å²) in [5.74, 6) is -1.75. The summed E-state index contributed by atoms with van der Waals surface area (Å²) in [5.41, 5.74) is 0.577. The Morgan fingerprint density at radius 2 is 1.90 bits per heavy atom. The van der Waals surface area contributed by atoms with Gasteiger partial charge in [0.2, 0.25) is 0 Å². The van der Waals surface area contributed by atoms with E-state index in [1.165, 1.54) is 6.07 Å². The molecule has 29 heavy (non-hydrogen) atoms. The molecular formula is C20H17F5O4. The summed E-state index contributed by atoms with van der Waals surface area (Å²) in [6.07, 6.45) is -4.13. The van der Waals surface area contributed by atoms with E-state index in [1.807, 2.05) is 6.92 Å². The summed E-state index contributed by atoms with van der Waals surface area (Å²) in [6, 6.07) is 6.95. The van der Waals surface area contributed by atoms with Gasteiger partial charge in [-0.2, -0.15) is 22.0 Å². The Labute approximate surface area is 162 Å². The normalized spacial score (nSPS) is 18.6. The van der Waals surface area contributed by atoms with E-state index in [0.717, 1.165) is 17.2 Å². The van der Waals surface area contributed by atoms with E-state index in [2.05, 4.69) is 4.74 Å². The zero-order chi connectivity index (χ0) is 21.3. The van der Waals surface area contributed by atoms with Gasteiger partial charge in [-0.1, -0.05) is 13.0 Å². The lowest BCUT2D eigenvalue weighted by Crippen LogP contribution is -2.09. The third-order valence-corrected chi connectivity index (χ3v) is 4.85. The van der Waals surface area contributed by atoms with Gasteiger partial charge in [-0.05, 0) is 59.7 Å². The summed E-state index contributed by atoms with van der Waals surface area (Å²) in [5, 5.41) is 9.07. The molecule has 1 aliphatic carbocycles. The highest BCUT2D eigenvalue weighted by Crippen LogP contribution is 2.43. The van der Waals surface area contributed by atoms with Gasteiger partial charge >= 0.3 is 18.8 Å². The van der Waals surface area contributed by atoms with Crippen LogP contribution >= 0.6 is 0 Å². The summed E-state index contributed by atoms with van der Waals surface area (Å²) in [6.45, 7) is -1.39. The predicted molar refractivity (Wildman–Crippen MR) is 92.5 cm³/mol. The molecule has 0 saturated carbocycles. The molecule has 0 radical (unpaired) electrons. The van der Waals surface area contributed by atoms with Crippen LogP contribution in [-0.2, 0) is 17.4 Å². The number of ether oxygens (including phenoxy) is 2. The van der Waals surface area contributed by atoms with Crippen molar-refractivity contribution in [3.05, 3.63) is 53.1 Å². The summed E-state index contributed by atoms with van der Waals surface area (Å²) in [7, 11) is 0. The molecule has 3 rings (SSSR count). The van der Waals surface area contributed by atoms with E-state index in [1.54, 1.807) is 12.1 Å². The van der Waals surface area contributed by atoms with Crippen molar-refractivity contribution in [1.29, 1.82) is 0 Å². The van der Waals surface area contributed by atoms with Crippen molar-refractivity contribution >= 4 is 5.97 Å². The molecule has 0 saturated heterocycles. The molecule has 9 heteroatoms. The summed E-state index contributed by atoms with van der Waals surface area (Å²) < 4.78 is 73.5. The fourth-order valence-electron chi connectivity index (χ4n) is 3.56. The number of rotatable bonds is 6. The molecule has 156 valence electrons. The monoisotopic (exact) mass is 416 g/mol. The van der Waals surface area contributed by atoms with Crippen LogP contribution < -0.4 is 9.47 Å². The maximum Gasteiger partial charge on any atom is 0.416 e. The molecule has 0 amide bonds. The highest BCUT2D eigenvalue weighted by atomic mass is 19.4. The minimum Gasteiger partial charge on any atom is -0.481 e. The first-order valence-corrected chi connectivity index (χ1v) is 8.73. The van der Waals surface area contributed by atoms with Crippen molar-refractivity contribution in [1.82, 2.24) is 0 Å². The molecule has 0 spiro atoms. The molecule has 0 aliphatic heterocycles. The number of fused-ring (bicyclic) bond motifs is 1. The van der Waals surface area contributed by atoms with Crippen LogP contribution in [0.3, 0.4) is 0 Å². The van der Waals surface area contributed by atoms with Crippen LogP contribution in [0, 0.1) is 5.92 Å². The zero-order valence-corrected chi connectivity index (χ0v) is 15.2. The number of carboxylic acid groups (broad SMARTS) is 1. The van der Waals surface area contributed by atoms with Gasteiger partial charge in [-0.3, -0.25) is 4.79 Å². The smallest absolute Gasteiger partial charge is 0.416 e. The van der Waals surface area contributed by atoms with E-state index in [0.29, 0.717) is 18.6 Å². The number of benzene rings is 2. The van der Waals surface area contributed by atoms with E-state index < -0.39 is 30.1 Å². The third kappa shape index (κ3) is 4.78. The number of alkyl halides is 5. The minimum absolute atomic E-state index is 0.0142. The molecule has 0 fully saturated rings. The maximum atomic E-state index is 12.9. The number of halogens is 5. The molecule has 2 aromatic rings. The molecule has 2 unspecified atom stereocenters. The van der Waals surface area contributed by atoms with Crippen molar-refractivity contribution in [3.63, 3.8) is 0 Å². The molecule has 2 atom stereocenters. The average molecular weight is 416 g/mol. The van der Waals surface area contributed by atoms with Crippen LogP contribution in [-0.4, -0.2) is 17.7 Å². The molecule has 1 aliphatic rings. The highest BCUT2D eigenvalue weighted by molar-refractivity contribution is 5.68. The lowest BCUT2D eigenvalue weighted by atomic mass is 9.91. The number of aliphatic carboxylic acids is 1. The fourth-order valence-corrected chi connectivity index (χ4v) is 3.56. The van der Waals surface area contributed by atoms with Gasteiger partial charge in [-0.25, -0.2) is 0 Å². The van der Waals surface area contributed by atoms with Crippen LogP contribution in [0.4, 0.5) is 22.0 Å². The quantitative estimate of drug-likeness (QED) is 0.601. The Morgan fingerprint density at radius 1 is 1.17 bits per heavy atom. The summed E-state index contributed by atoms with van der Waals surface area (Å²) >= 11 is 0. The van der Waals surface area contributed by atoms with Gasteiger partial charge in [0.1, 0.15) is 5.75 Å². The predicted octanol–water partition coefficient (Wildman–Crippen LogP) is 5.85.